The number of fused-ring (bicyclic) bond motifs is 1. The quantitative estimate of drug-likeness (QED) is 0.482. The van der Waals surface area contributed by atoms with Gasteiger partial charge in [-0.05, 0) is 11.6 Å². The van der Waals surface area contributed by atoms with Crippen LogP contribution in [0.5, 0.6) is 11.5 Å². The van der Waals surface area contributed by atoms with Gasteiger partial charge >= 0.3 is 0 Å². The van der Waals surface area contributed by atoms with E-state index in [1.807, 2.05) is 0 Å². The van der Waals surface area contributed by atoms with Gasteiger partial charge in [-0.3, -0.25) is 14.9 Å². The SMILES string of the molecule is O=C(NN=Cc1cc2c(cc1[N+](=O)[O-])OCO2)[C@@H](O)c1ccccc1. The Hall–Kier alpha value is -3.46. The number of amides is 1. The molecule has 1 amide bonds. The van der Waals surface area contributed by atoms with E-state index >= 15 is 0 Å². The molecule has 0 saturated carbocycles. The van der Waals surface area contributed by atoms with Crippen LogP contribution in [0.3, 0.4) is 0 Å². The number of benzene rings is 2. The molecule has 0 saturated heterocycles. The summed E-state index contributed by atoms with van der Waals surface area (Å²) < 4.78 is 10.3. The smallest absolute Gasteiger partial charge is 0.282 e. The molecule has 2 N–H and O–H groups in total. The molecule has 1 aliphatic rings. The predicted molar refractivity (Wildman–Crippen MR) is 86.4 cm³/mol. The molecule has 3 rings (SSSR count). The van der Waals surface area contributed by atoms with Crippen LogP contribution in [0, 0.1) is 10.1 Å². The third-order valence-electron chi connectivity index (χ3n) is 3.46. The second-order valence-corrected chi connectivity index (χ2v) is 5.07. The Labute approximate surface area is 141 Å². The van der Waals surface area contributed by atoms with Crippen molar-refractivity contribution in [3.8, 4) is 11.5 Å². The molecule has 2 aromatic rings. The number of hydrogen-bond acceptors (Lipinski definition) is 7. The predicted octanol–water partition coefficient (Wildman–Crippen LogP) is 1.51. The number of aliphatic hydroxyl groups excluding tert-OH is 1. The van der Waals surface area contributed by atoms with Crippen molar-refractivity contribution in [2.75, 3.05) is 6.79 Å². The number of nitro groups is 1. The molecule has 0 aromatic heterocycles. The number of aliphatic hydroxyl groups is 1. The fourth-order valence-electron chi connectivity index (χ4n) is 2.22. The normalized spacial score (nSPS) is 13.6. The number of hydrazone groups is 1. The van der Waals surface area contributed by atoms with Crippen molar-refractivity contribution in [2.24, 2.45) is 5.10 Å². The van der Waals surface area contributed by atoms with E-state index in [0.717, 1.165) is 6.21 Å². The Bertz CT molecular complexity index is 837. The molecule has 0 bridgehead atoms. The molecule has 1 aliphatic heterocycles. The zero-order valence-electron chi connectivity index (χ0n) is 12.8. The van der Waals surface area contributed by atoms with Crippen molar-refractivity contribution in [3.63, 3.8) is 0 Å². The number of ether oxygens (including phenoxy) is 2. The fraction of sp³-hybridized carbons (Fsp3) is 0.125. The second-order valence-electron chi connectivity index (χ2n) is 5.07. The molecule has 25 heavy (non-hydrogen) atoms. The monoisotopic (exact) mass is 343 g/mol. The van der Waals surface area contributed by atoms with Crippen molar-refractivity contribution in [1.82, 2.24) is 5.43 Å². The molecule has 0 aliphatic carbocycles. The van der Waals surface area contributed by atoms with E-state index in [1.54, 1.807) is 30.3 Å². The van der Waals surface area contributed by atoms with Crippen molar-refractivity contribution < 1.29 is 24.3 Å². The molecule has 0 spiro atoms. The van der Waals surface area contributed by atoms with Gasteiger partial charge in [0.1, 0.15) is 0 Å². The van der Waals surface area contributed by atoms with Crippen LogP contribution in [0.2, 0.25) is 0 Å². The van der Waals surface area contributed by atoms with Crippen molar-refractivity contribution >= 4 is 17.8 Å². The summed E-state index contributed by atoms with van der Waals surface area (Å²) in [6, 6.07) is 10.9. The maximum Gasteiger partial charge on any atom is 0.282 e. The Kier molecular flexibility index (Phi) is 4.57. The number of hydrogen-bond donors (Lipinski definition) is 2. The van der Waals surface area contributed by atoms with E-state index in [1.165, 1.54) is 12.1 Å². The lowest BCUT2D eigenvalue weighted by molar-refractivity contribution is -0.385. The van der Waals surface area contributed by atoms with Crippen LogP contribution in [0.1, 0.15) is 17.2 Å². The van der Waals surface area contributed by atoms with Gasteiger partial charge in [0, 0.05) is 0 Å². The highest BCUT2D eigenvalue weighted by molar-refractivity contribution is 5.89. The van der Waals surface area contributed by atoms with Crippen molar-refractivity contribution in [2.45, 2.75) is 6.10 Å². The summed E-state index contributed by atoms with van der Waals surface area (Å²) in [5.41, 5.74) is 2.44. The summed E-state index contributed by atoms with van der Waals surface area (Å²) in [5, 5.41) is 24.7. The number of carbonyl (C=O) groups is 1. The Morgan fingerprint density at radius 2 is 1.96 bits per heavy atom. The largest absolute Gasteiger partial charge is 0.454 e. The molecule has 1 heterocycles. The van der Waals surface area contributed by atoms with E-state index in [9.17, 15) is 20.0 Å². The van der Waals surface area contributed by atoms with Crippen molar-refractivity contribution in [3.05, 3.63) is 63.7 Å². The van der Waals surface area contributed by atoms with E-state index in [4.69, 9.17) is 9.47 Å². The maximum absolute atomic E-state index is 11.9. The minimum absolute atomic E-state index is 0.0207. The minimum atomic E-state index is -1.40. The Balaban J connectivity index is 1.74. The fourth-order valence-corrected chi connectivity index (χ4v) is 2.22. The van der Waals surface area contributed by atoms with Crippen LogP contribution in [0.25, 0.3) is 0 Å². The van der Waals surface area contributed by atoms with Gasteiger partial charge in [-0.2, -0.15) is 5.10 Å². The van der Waals surface area contributed by atoms with E-state index in [2.05, 4.69) is 10.5 Å². The number of carbonyl (C=O) groups excluding carboxylic acids is 1. The molecule has 0 radical (unpaired) electrons. The van der Waals surface area contributed by atoms with Crippen molar-refractivity contribution in [1.29, 1.82) is 0 Å². The van der Waals surface area contributed by atoms with E-state index < -0.39 is 16.9 Å². The first-order valence-electron chi connectivity index (χ1n) is 7.20. The average Bonchev–Trinajstić information content (AvgIpc) is 3.08. The molecular weight excluding hydrogens is 330 g/mol. The highest BCUT2D eigenvalue weighted by Crippen LogP contribution is 2.37. The van der Waals surface area contributed by atoms with Gasteiger partial charge in [-0.1, -0.05) is 30.3 Å². The third-order valence-corrected chi connectivity index (χ3v) is 3.46. The summed E-state index contributed by atoms with van der Waals surface area (Å²) in [5.74, 6) is -0.138. The summed E-state index contributed by atoms with van der Waals surface area (Å²) in [6.45, 7) is -0.0207. The summed E-state index contributed by atoms with van der Waals surface area (Å²) in [4.78, 5) is 22.4. The molecule has 9 nitrogen and oxygen atoms in total. The number of nitrogens with zero attached hydrogens (tertiary/aromatic N) is 2. The van der Waals surface area contributed by atoms with Gasteiger partial charge in [-0.25, -0.2) is 5.43 Å². The zero-order valence-corrected chi connectivity index (χ0v) is 12.8. The van der Waals surface area contributed by atoms with Gasteiger partial charge in [0.25, 0.3) is 11.6 Å². The minimum Gasteiger partial charge on any atom is -0.454 e. The van der Waals surface area contributed by atoms with Crippen LogP contribution >= 0.6 is 0 Å². The van der Waals surface area contributed by atoms with Crippen LogP contribution in [-0.4, -0.2) is 28.9 Å². The first-order valence-corrected chi connectivity index (χ1v) is 7.20. The molecule has 0 unspecified atom stereocenters. The lowest BCUT2D eigenvalue weighted by Gasteiger charge is -2.08. The van der Waals surface area contributed by atoms with Crippen LogP contribution in [-0.2, 0) is 4.79 Å². The third kappa shape index (κ3) is 3.56. The number of rotatable bonds is 5. The van der Waals surface area contributed by atoms with Crippen LogP contribution in [0.4, 0.5) is 5.69 Å². The lowest BCUT2D eigenvalue weighted by atomic mass is 10.1. The summed E-state index contributed by atoms with van der Waals surface area (Å²) in [6.07, 6.45) is -0.291. The number of nitrogens with one attached hydrogen (secondary N) is 1. The topological polar surface area (TPSA) is 123 Å². The summed E-state index contributed by atoms with van der Waals surface area (Å²) in [7, 11) is 0. The number of nitro benzene ring substituents is 1. The molecule has 128 valence electrons. The first-order chi connectivity index (χ1) is 12.1. The molecule has 1 atom stereocenters. The second kappa shape index (κ2) is 6.97. The maximum atomic E-state index is 11.9. The van der Waals surface area contributed by atoms with Gasteiger partial charge < -0.3 is 14.6 Å². The Morgan fingerprint density at radius 3 is 2.64 bits per heavy atom. The van der Waals surface area contributed by atoms with Gasteiger partial charge in [0.2, 0.25) is 6.79 Å². The van der Waals surface area contributed by atoms with Gasteiger partial charge in [0.05, 0.1) is 22.8 Å². The van der Waals surface area contributed by atoms with E-state index in [-0.39, 0.29) is 23.8 Å². The van der Waals surface area contributed by atoms with Gasteiger partial charge in [0.15, 0.2) is 17.6 Å². The zero-order chi connectivity index (χ0) is 17.8. The highest BCUT2D eigenvalue weighted by Gasteiger charge is 2.22. The first kappa shape index (κ1) is 16.4. The summed E-state index contributed by atoms with van der Waals surface area (Å²) >= 11 is 0. The molecule has 9 heteroatoms. The molecular formula is C16H13N3O6. The average molecular weight is 343 g/mol. The highest BCUT2D eigenvalue weighted by atomic mass is 16.7. The Morgan fingerprint density at radius 1 is 1.28 bits per heavy atom. The lowest BCUT2D eigenvalue weighted by Crippen LogP contribution is -2.25. The standard InChI is InChI=1S/C16H13N3O6/c20-15(10-4-2-1-3-5-10)16(21)18-17-8-11-6-13-14(25-9-24-13)7-12(11)19(22)23/h1-8,15,20H,9H2,(H,18,21)/t15-/m0/s1. The molecule has 2 aromatic carbocycles. The van der Waals surface area contributed by atoms with E-state index in [0.29, 0.717) is 11.3 Å². The van der Waals surface area contributed by atoms with Gasteiger partial charge in [-0.15, -0.1) is 0 Å². The van der Waals surface area contributed by atoms with Crippen LogP contribution in [0.15, 0.2) is 47.6 Å². The van der Waals surface area contributed by atoms with Crippen LogP contribution < -0.4 is 14.9 Å². The molecule has 0 fully saturated rings.